The molecule has 0 unspecified atom stereocenters. The van der Waals surface area contributed by atoms with Gasteiger partial charge < -0.3 is 10.4 Å². The number of fused-ring (bicyclic) bond motifs is 1. The van der Waals surface area contributed by atoms with Gasteiger partial charge in [-0.3, -0.25) is 0 Å². The smallest absolute Gasteiger partial charge is 0.138 e. The van der Waals surface area contributed by atoms with Crippen LogP contribution in [0.4, 0.5) is 5.69 Å². The Bertz CT molecular complexity index is 275. The van der Waals surface area contributed by atoms with E-state index >= 15 is 0 Å². The van der Waals surface area contributed by atoms with Crippen molar-refractivity contribution in [2.24, 2.45) is 0 Å². The van der Waals surface area contributed by atoms with E-state index < -0.39 is 0 Å². The normalized spacial score (nSPS) is 14.0. The third kappa shape index (κ3) is 1.48. The summed E-state index contributed by atoms with van der Waals surface area (Å²) < 4.78 is 0. The topological polar surface area (TPSA) is 32.3 Å². The minimum absolute atomic E-state index is 0. The Kier molecular flexibility index (Phi) is 2.82. The molecule has 2 rings (SSSR count). The highest BCUT2D eigenvalue weighted by atomic mass is 35.5. The highest BCUT2D eigenvalue weighted by Crippen LogP contribution is 2.30. The number of anilines is 1. The summed E-state index contributed by atoms with van der Waals surface area (Å²) in [6, 6.07) is 5.67. The third-order valence-corrected chi connectivity index (χ3v) is 2.05. The van der Waals surface area contributed by atoms with Crippen molar-refractivity contribution in [1.82, 2.24) is 0 Å². The molecule has 0 saturated carbocycles. The summed E-state index contributed by atoms with van der Waals surface area (Å²) in [6.45, 7) is 0.977. The maximum atomic E-state index is 9.39. The Hall–Kier alpha value is -0.890. The van der Waals surface area contributed by atoms with Gasteiger partial charge in [-0.15, -0.1) is 12.4 Å². The van der Waals surface area contributed by atoms with Crippen LogP contribution in [-0.2, 0) is 6.42 Å². The van der Waals surface area contributed by atoms with Crippen molar-refractivity contribution in [2.75, 3.05) is 11.9 Å². The predicted molar refractivity (Wildman–Crippen MR) is 52.2 cm³/mol. The molecule has 1 aromatic carbocycles. The molecule has 66 valence electrons. The van der Waals surface area contributed by atoms with E-state index in [1.165, 1.54) is 5.56 Å². The summed E-state index contributed by atoms with van der Waals surface area (Å²) >= 11 is 0. The van der Waals surface area contributed by atoms with Crippen LogP contribution in [0.5, 0.6) is 5.75 Å². The van der Waals surface area contributed by atoms with Crippen molar-refractivity contribution < 1.29 is 5.11 Å². The second-order valence-corrected chi connectivity index (χ2v) is 2.84. The number of benzene rings is 1. The Labute approximate surface area is 78.0 Å². The molecule has 0 amide bonds. The number of phenolic OH excluding ortho intramolecular Hbond substituents is 1. The molecule has 2 N–H and O–H groups in total. The number of nitrogens with one attached hydrogen (secondary N) is 1. The molecule has 2 nitrogen and oxygen atoms in total. The zero-order valence-corrected chi connectivity index (χ0v) is 7.53. The fourth-order valence-corrected chi connectivity index (χ4v) is 1.49. The first-order valence-electron chi connectivity index (χ1n) is 3.92. The molecule has 3 heteroatoms. The second-order valence-electron chi connectivity index (χ2n) is 2.84. The zero-order chi connectivity index (χ0) is 7.68. The summed E-state index contributed by atoms with van der Waals surface area (Å²) in [5.41, 5.74) is 2.16. The van der Waals surface area contributed by atoms with E-state index in [-0.39, 0.29) is 12.4 Å². The summed E-state index contributed by atoms with van der Waals surface area (Å²) in [4.78, 5) is 0. The van der Waals surface area contributed by atoms with Crippen LogP contribution in [0.2, 0.25) is 0 Å². The molecule has 0 radical (unpaired) electrons. The molecule has 0 fully saturated rings. The molecule has 0 bridgehead atoms. The summed E-state index contributed by atoms with van der Waals surface area (Å²) in [7, 11) is 0. The van der Waals surface area contributed by atoms with Crippen LogP contribution in [0.25, 0.3) is 0 Å². The van der Waals surface area contributed by atoms with E-state index in [1.54, 1.807) is 6.07 Å². The average molecular weight is 186 g/mol. The molecule has 1 heterocycles. The Morgan fingerprint density at radius 2 is 2.17 bits per heavy atom. The van der Waals surface area contributed by atoms with Gasteiger partial charge in [-0.25, -0.2) is 0 Å². The van der Waals surface area contributed by atoms with E-state index in [9.17, 15) is 5.11 Å². The number of hydrogen-bond donors (Lipinski definition) is 2. The van der Waals surface area contributed by atoms with Crippen molar-refractivity contribution in [2.45, 2.75) is 12.8 Å². The zero-order valence-electron chi connectivity index (χ0n) is 6.71. The van der Waals surface area contributed by atoms with Crippen molar-refractivity contribution in [3.8, 4) is 5.75 Å². The lowest BCUT2D eigenvalue weighted by molar-refractivity contribution is 0.475. The number of aryl methyl sites for hydroxylation is 1. The highest BCUT2D eigenvalue weighted by Gasteiger charge is 2.10. The van der Waals surface area contributed by atoms with Crippen LogP contribution in [0.3, 0.4) is 0 Å². The van der Waals surface area contributed by atoms with Crippen LogP contribution in [0.1, 0.15) is 12.0 Å². The predicted octanol–water partition coefficient (Wildman–Crippen LogP) is 2.17. The monoisotopic (exact) mass is 185 g/mol. The van der Waals surface area contributed by atoms with Gasteiger partial charge in [0.05, 0.1) is 5.69 Å². The van der Waals surface area contributed by atoms with Gasteiger partial charge in [0, 0.05) is 6.54 Å². The van der Waals surface area contributed by atoms with E-state index in [4.69, 9.17) is 0 Å². The average Bonchev–Trinajstić information content (AvgIpc) is 2.06. The molecular weight excluding hydrogens is 174 g/mol. The first kappa shape index (κ1) is 9.20. The van der Waals surface area contributed by atoms with Gasteiger partial charge in [-0.05, 0) is 24.5 Å². The van der Waals surface area contributed by atoms with Crippen molar-refractivity contribution >= 4 is 18.1 Å². The van der Waals surface area contributed by atoms with Crippen LogP contribution in [-0.4, -0.2) is 11.7 Å². The lowest BCUT2D eigenvalue weighted by Crippen LogP contribution is -2.11. The van der Waals surface area contributed by atoms with E-state index in [0.717, 1.165) is 25.1 Å². The first-order chi connectivity index (χ1) is 5.38. The van der Waals surface area contributed by atoms with Crippen molar-refractivity contribution in [3.05, 3.63) is 23.8 Å². The first-order valence-corrected chi connectivity index (χ1v) is 3.92. The molecule has 1 aliphatic rings. The fraction of sp³-hybridized carbons (Fsp3) is 0.333. The molecular formula is C9H12ClNO. The number of para-hydroxylation sites is 1. The van der Waals surface area contributed by atoms with Crippen molar-refractivity contribution in [3.63, 3.8) is 0 Å². The molecule has 0 aliphatic carbocycles. The number of aromatic hydroxyl groups is 1. The number of halogens is 1. The SMILES string of the molecule is Cl.Oc1cccc2c1NCCC2. The molecule has 1 aliphatic heterocycles. The highest BCUT2D eigenvalue weighted by molar-refractivity contribution is 5.85. The lowest BCUT2D eigenvalue weighted by Gasteiger charge is -2.18. The Morgan fingerprint density at radius 3 is 2.92 bits per heavy atom. The Balaban J connectivity index is 0.000000720. The maximum Gasteiger partial charge on any atom is 0.138 e. The molecule has 0 atom stereocenters. The second kappa shape index (κ2) is 3.68. The van der Waals surface area contributed by atoms with Gasteiger partial charge in [-0.2, -0.15) is 0 Å². The minimum Gasteiger partial charge on any atom is -0.506 e. The standard InChI is InChI=1S/C9H11NO.ClH/c11-8-5-1-3-7-4-2-6-10-9(7)8;/h1,3,5,10-11H,2,4,6H2;1H. The summed E-state index contributed by atoms with van der Waals surface area (Å²) in [5.74, 6) is 0.377. The van der Waals surface area contributed by atoms with Gasteiger partial charge in [0.25, 0.3) is 0 Å². The van der Waals surface area contributed by atoms with Gasteiger partial charge in [0.1, 0.15) is 5.75 Å². The van der Waals surface area contributed by atoms with Crippen LogP contribution >= 0.6 is 12.4 Å². The van der Waals surface area contributed by atoms with Crippen LogP contribution in [0.15, 0.2) is 18.2 Å². The molecule has 0 aromatic heterocycles. The van der Waals surface area contributed by atoms with Gasteiger partial charge >= 0.3 is 0 Å². The summed E-state index contributed by atoms with van der Waals surface area (Å²) in [6.07, 6.45) is 2.24. The molecule has 0 saturated heterocycles. The molecule has 0 spiro atoms. The van der Waals surface area contributed by atoms with E-state index in [0.29, 0.717) is 5.75 Å². The molecule has 1 aromatic rings. The van der Waals surface area contributed by atoms with Gasteiger partial charge in [0.15, 0.2) is 0 Å². The van der Waals surface area contributed by atoms with Gasteiger partial charge in [0.2, 0.25) is 0 Å². The Morgan fingerprint density at radius 1 is 1.33 bits per heavy atom. The minimum atomic E-state index is 0. The summed E-state index contributed by atoms with van der Waals surface area (Å²) in [5, 5.41) is 12.6. The molecule has 12 heavy (non-hydrogen) atoms. The van der Waals surface area contributed by atoms with Gasteiger partial charge in [-0.1, -0.05) is 12.1 Å². The van der Waals surface area contributed by atoms with E-state index in [1.807, 2.05) is 6.07 Å². The van der Waals surface area contributed by atoms with Crippen LogP contribution < -0.4 is 5.32 Å². The quantitative estimate of drug-likeness (QED) is 0.608. The third-order valence-electron chi connectivity index (χ3n) is 2.05. The fourth-order valence-electron chi connectivity index (χ4n) is 1.49. The lowest BCUT2D eigenvalue weighted by atomic mass is 10.0. The van der Waals surface area contributed by atoms with Crippen molar-refractivity contribution in [1.29, 1.82) is 0 Å². The number of hydrogen-bond acceptors (Lipinski definition) is 2. The number of phenols is 1. The maximum absolute atomic E-state index is 9.39. The van der Waals surface area contributed by atoms with Crippen LogP contribution in [0, 0.1) is 0 Å². The largest absolute Gasteiger partial charge is 0.506 e. The number of rotatable bonds is 0. The van der Waals surface area contributed by atoms with E-state index in [2.05, 4.69) is 11.4 Å².